The van der Waals surface area contributed by atoms with Gasteiger partial charge in [0, 0.05) is 24.6 Å². The number of nitrogens with two attached hydrogens (primary N) is 1. The highest BCUT2D eigenvalue weighted by atomic mass is 35.5. The van der Waals surface area contributed by atoms with Crippen LogP contribution in [0.5, 0.6) is 5.75 Å². The Hall–Kier alpha value is -2.25. The van der Waals surface area contributed by atoms with E-state index in [1.807, 2.05) is 30.3 Å². The van der Waals surface area contributed by atoms with E-state index < -0.39 is 18.8 Å². The number of amides is 1. The van der Waals surface area contributed by atoms with Gasteiger partial charge in [-0.05, 0) is 11.6 Å². The first-order valence-corrected chi connectivity index (χ1v) is 7.70. The predicted octanol–water partition coefficient (Wildman–Crippen LogP) is 3.76. The van der Waals surface area contributed by atoms with Gasteiger partial charge in [-0.25, -0.2) is 0 Å². The quantitative estimate of drug-likeness (QED) is 0.759. The van der Waals surface area contributed by atoms with Gasteiger partial charge >= 0.3 is 6.18 Å². The lowest BCUT2D eigenvalue weighted by atomic mass is 10.0. The highest BCUT2D eigenvalue weighted by Crippen LogP contribution is 2.22. The molecule has 0 radical (unpaired) electrons. The molecule has 3 N–H and O–H groups in total. The summed E-state index contributed by atoms with van der Waals surface area (Å²) in [7, 11) is 0. The van der Waals surface area contributed by atoms with E-state index >= 15 is 0 Å². The van der Waals surface area contributed by atoms with Gasteiger partial charge < -0.3 is 15.8 Å². The van der Waals surface area contributed by atoms with Crippen molar-refractivity contribution in [2.45, 2.75) is 25.2 Å². The summed E-state index contributed by atoms with van der Waals surface area (Å²) < 4.78 is 41.6. The molecule has 0 aliphatic rings. The van der Waals surface area contributed by atoms with Crippen LogP contribution in [0.25, 0.3) is 0 Å². The molecule has 0 heterocycles. The third kappa shape index (κ3) is 7.33. The Kier molecular flexibility index (Phi) is 8.41. The summed E-state index contributed by atoms with van der Waals surface area (Å²) >= 11 is 0. The van der Waals surface area contributed by atoms with Crippen LogP contribution < -0.4 is 15.8 Å². The summed E-state index contributed by atoms with van der Waals surface area (Å²) in [5.41, 5.74) is 7.29. The van der Waals surface area contributed by atoms with Crippen molar-refractivity contribution in [2.75, 3.05) is 6.61 Å². The first-order chi connectivity index (χ1) is 11.8. The maximum Gasteiger partial charge on any atom is 0.422 e. The van der Waals surface area contributed by atoms with Gasteiger partial charge in [-0.15, -0.1) is 12.4 Å². The fourth-order valence-electron chi connectivity index (χ4n) is 2.23. The molecule has 26 heavy (non-hydrogen) atoms. The summed E-state index contributed by atoms with van der Waals surface area (Å²) in [5.74, 6) is -0.200. The Morgan fingerprint density at radius 1 is 1.08 bits per heavy atom. The number of hydrogen-bond donors (Lipinski definition) is 2. The molecule has 0 fully saturated rings. The lowest BCUT2D eigenvalue weighted by molar-refractivity contribution is -0.153. The number of ether oxygens (including phenoxy) is 1. The van der Waals surface area contributed by atoms with Crippen molar-refractivity contribution in [3.63, 3.8) is 0 Å². The molecular formula is C18H20ClF3N2O2. The van der Waals surface area contributed by atoms with Gasteiger partial charge in [-0.1, -0.05) is 48.5 Å². The standard InChI is InChI=1S/C18H19F3N2O2.ClH/c19-18(20,21)12-25-16-9-5-4-8-14(16)11-23-17(24)10-15(22)13-6-2-1-3-7-13;/h1-9,15H,10-12,22H2,(H,23,24);1H. The number of alkyl halides is 3. The topological polar surface area (TPSA) is 64.4 Å². The average Bonchev–Trinajstić information content (AvgIpc) is 2.59. The summed E-state index contributed by atoms with van der Waals surface area (Å²) in [6.07, 6.45) is -4.34. The van der Waals surface area contributed by atoms with Gasteiger partial charge in [0.2, 0.25) is 5.91 Å². The highest BCUT2D eigenvalue weighted by Gasteiger charge is 2.28. The van der Waals surface area contributed by atoms with Crippen molar-refractivity contribution >= 4 is 18.3 Å². The second-order valence-corrected chi connectivity index (χ2v) is 5.51. The molecule has 2 aromatic rings. The zero-order valence-electron chi connectivity index (χ0n) is 13.8. The van der Waals surface area contributed by atoms with Crippen molar-refractivity contribution in [1.29, 1.82) is 0 Å². The van der Waals surface area contributed by atoms with Crippen LogP contribution in [0.15, 0.2) is 54.6 Å². The van der Waals surface area contributed by atoms with Gasteiger partial charge in [0.25, 0.3) is 0 Å². The minimum Gasteiger partial charge on any atom is -0.484 e. The van der Waals surface area contributed by atoms with E-state index in [2.05, 4.69) is 5.32 Å². The number of benzene rings is 2. The Labute approximate surface area is 155 Å². The number of para-hydroxylation sites is 1. The van der Waals surface area contributed by atoms with Crippen LogP contribution in [-0.2, 0) is 11.3 Å². The number of nitrogens with one attached hydrogen (secondary N) is 1. The molecular weight excluding hydrogens is 369 g/mol. The van der Waals surface area contributed by atoms with E-state index in [4.69, 9.17) is 10.5 Å². The number of carbonyl (C=O) groups is 1. The SMILES string of the molecule is Cl.NC(CC(=O)NCc1ccccc1OCC(F)(F)F)c1ccccc1. The van der Waals surface area contributed by atoms with E-state index in [-0.39, 0.29) is 37.0 Å². The molecule has 0 bridgehead atoms. The summed E-state index contributed by atoms with van der Waals surface area (Å²) in [4.78, 5) is 12.0. The third-order valence-corrected chi connectivity index (χ3v) is 3.47. The molecule has 1 unspecified atom stereocenters. The van der Waals surface area contributed by atoms with Crippen molar-refractivity contribution in [1.82, 2.24) is 5.32 Å². The Morgan fingerprint density at radius 3 is 2.35 bits per heavy atom. The van der Waals surface area contributed by atoms with Gasteiger partial charge in [0.15, 0.2) is 6.61 Å². The Morgan fingerprint density at radius 2 is 1.69 bits per heavy atom. The molecule has 1 amide bonds. The fraction of sp³-hybridized carbons (Fsp3) is 0.278. The molecule has 0 aliphatic carbocycles. The molecule has 0 saturated carbocycles. The maximum absolute atomic E-state index is 12.3. The van der Waals surface area contributed by atoms with Gasteiger partial charge in [-0.3, -0.25) is 4.79 Å². The van der Waals surface area contributed by atoms with Crippen LogP contribution in [0, 0.1) is 0 Å². The Balaban J connectivity index is 0.00000338. The van der Waals surface area contributed by atoms with E-state index in [9.17, 15) is 18.0 Å². The third-order valence-electron chi connectivity index (χ3n) is 3.47. The number of carbonyl (C=O) groups excluding carboxylic acids is 1. The molecule has 142 valence electrons. The van der Waals surface area contributed by atoms with Crippen molar-refractivity contribution < 1.29 is 22.7 Å². The monoisotopic (exact) mass is 388 g/mol. The average molecular weight is 389 g/mol. The number of rotatable bonds is 7. The lowest BCUT2D eigenvalue weighted by Gasteiger charge is -2.15. The van der Waals surface area contributed by atoms with E-state index in [1.54, 1.807) is 18.2 Å². The van der Waals surface area contributed by atoms with Crippen LogP contribution in [-0.4, -0.2) is 18.7 Å². The van der Waals surface area contributed by atoms with Gasteiger partial charge in [0.1, 0.15) is 5.75 Å². The van der Waals surface area contributed by atoms with Gasteiger partial charge in [0.05, 0.1) is 0 Å². The lowest BCUT2D eigenvalue weighted by Crippen LogP contribution is -2.27. The largest absolute Gasteiger partial charge is 0.484 e. The second-order valence-electron chi connectivity index (χ2n) is 5.51. The highest BCUT2D eigenvalue weighted by molar-refractivity contribution is 5.85. The molecule has 0 aliphatic heterocycles. The first-order valence-electron chi connectivity index (χ1n) is 7.70. The normalized spacial score (nSPS) is 12.0. The summed E-state index contributed by atoms with van der Waals surface area (Å²) in [6, 6.07) is 15.0. The summed E-state index contributed by atoms with van der Waals surface area (Å²) in [5, 5.41) is 2.66. The molecule has 4 nitrogen and oxygen atoms in total. The number of halogens is 4. The van der Waals surface area contributed by atoms with Crippen molar-refractivity contribution in [3.8, 4) is 5.75 Å². The van der Waals surface area contributed by atoms with Crippen molar-refractivity contribution in [2.24, 2.45) is 5.73 Å². The smallest absolute Gasteiger partial charge is 0.422 e. The van der Waals surface area contributed by atoms with Crippen LogP contribution in [0.4, 0.5) is 13.2 Å². The maximum atomic E-state index is 12.3. The molecule has 0 aromatic heterocycles. The minimum absolute atomic E-state index is 0. The van der Waals surface area contributed by atoms with E-state index in [0.29, 0.717) is 5.56 Å². The Bertz CT molecular complexity index is 696. The summed E-state index contributed by atoms with van der Waals surface area (Å²) in [6.45, 7) is -1.31. The van der Waals surface area contributed by atoms with Crippen LogP contribution in [0.2, 0.25) is 0 Å². The molecule has 0 spiro atoms. The zero-order chi connectivity index (χ0) is 18.3. The molecule has 1 atom stereocenters. The second kappa shape index (κ2) is 10.0. The molecule has 2 rings (SSSR count). The van der Waals surface area contributed by atoms with E-state index in [1.165, 1.54) is 6.07 Å². The zero-order valence-corrected chi connectivity index (χ0v) is 14.6. The van der Waals surface area contributed by atoms with Crippen LogP contribution in [0.1, 0.15) is 23.6 Å². The molecule has 0 saturated heterocycles. The minimum atomic E-state index is -4.42. The predicted molar refractivity (Wildman–Crippen MR) is 95.1 cm³/mol. The first kappa shape index (κ1) is 21.8. The number of hydrogen-bond acceptors (Lipinski definition) is 3. The van der Waals surface area contributed by atoms with Crippen molar-refractivity contribution in [3.05, 3.63) is 65.7 Å². The molecule has 2 aromatic carbocycles. The molecule has 8 heteroatoms. The van der Waals surface area contributed by atoms with Crippen LogP contribution in [0.3, 0.4) is 0 Å². The van der Waals surface area contributed by atoms with Gasteiger partial charge in [-0.2, -0.15) is 13.2 Å². The van der Waals surface area contributed by atoms with E-state index in [0.717, 1.165) is 5.56 Å². The van der Waals surface area contributed by atoms with Crippen LogP contribution >= 0.6 is 12.4 Å². The fourth-order valence-corrected chi connectivity index (χ4v) is 2.23.